The number of alkyl carbamates (subject to hydrolysis) is 1. The molecule has 1 fully saturated rings. The van der Waals surface area contributed by atoms with Crippen LogP contribution in [0.1, 0.15) is 78.5 Å². The molecule has 2 aliphatic rings. The number of hydrogen-bond acceptors (Lipinski definition) is 6. The molecule has 0 unspecified atom stereocenters. The molecule has 0 aliphatic carbocycles. The van der Waals surface area contributed by atoms with E-state index >= 15 is 0 Å². The van der Waals surface area contributed by atoms with E-state index in [2.05, 4.69) is 10.6 Å². The SMILES string of the molecule is CC(C)CN1C(=O)c2ccc(C(=O)NCC3CCN(C(=O)CNC(=O)OC(C)(C)C)CC3)cc2C1=O. The van der Waals surface area contributed by atoms with E-state index in [1.807, 2.05) is 13.8 Å². The highest BCUT2D eigenvalue weighted by atomic mass is 16.6. The lowest BCUT2D eigenvalue weighted by Gasteiger charge is -2.32. The van der Waals surface area contributed by atoms with E-state index in [9.17, 15) is 24.0 Å². The summed E-state index contributed by atoms with van der Waals surface area (Å²) in [7, 11) is 0. The predicted octanol–water partition coefficient (Wildman–Crippen LogP) is 2.43. The summed E-state index contributed by atoms with van der Waals surface area (Å²) in [4.78, 5) is 64.9. The Labute approximate surface area is 211 Å². The minimum atomic E-state index is -0.628. The fourth-order valence-electron chi connectivity index (χ4n) is 4.26. The first kappa shape index (κ1) is 27.2. The molecule has 196 valence electrons. The van der Waals surface area contributed by atoms with Crippen molar-refractivity contribution in [3.05, 3.63) is 34.9 Å². The fraction of sp³-hybridized carbons (Fsp3) is 0.577. The third kappa shape index (κ3) is 6.83. The molecule has 2 heterocycles. The first-order chi connectivity index (χ1) is 16.9. The highest BCUT2D eigenvalue weighted by molar-refractivity contribution is 6.22. The maximum absolute atomic E-state index is 12.7. The average Bonchev–Trinajstić information content (AvgIpc) is 3.04. The van der Waals surface area contributed by atoms with Crippen molar-refractivity contribution in [3.8, 4) is 0 Å². The minimum Gasteiger partial charge on any atom is -0.444 e. The van der Waals surface area contributed by atoms with E-state index in [0.717, 1.165) is 12.8 Å². The summed E-state index contributed by atoms with van der Waals surface area (Å²) >= 11 is 0. The largest absolute Gasteiger partial charge is 0.444 e. The fourth-order valence-corrected chi connectivity index (χ4v) is 4.26. The second-order valence-corrected chi connectivity index (χ2v) is 10.8. The third-order valence-corrected chi connectivity index (χ3v) is 6.08. The van der Waals surface area contributed by atoms with Gasteiger partial charge in [0.2, 0.25) is 5.91 Å². The molecule has 3 rings (SSSR count). The third-order valence-electron chi connectivity index (χ3n) is 6.08. The molecule has 10 heteroatoms. The molecule has 1 aromatic rings. The zero-order chi connectivity index (χ0) is 26.6. The smallest absolute Gasteiger partial charge is 0.408 e. The Morgan fingerprint density at radius 3 is 2.28 bits per heavy atom. The van der Waals surface area contributed by atoms with Gasteiger partial charge in [0, 0.05) is 31.7 Å². The Morgan fingerprint density at radius 2 is 1.67 bits per heavy atom. The maximum Gasteiger partial charge on any atom is 0.408 e. The van der Waals surface area contributed by atoms with Gasteiger partial charge in [0.05, 0.1) is 11.1 Å². The molecular weight excluding hydrogens is 464 g/mol. The number of benzene rings is 1. The van der Waals surface area contributed by atoms with Crippen molar-refractivity contribution < 1.29 is 28.7 Å². The number of carbonyl (C=O) groups is 5. The van der Waals surface area contributed by atoms with E-state index in [4.69, 9.17) is 4.74 Å². The average molecular weight is 501 g/mol. The Bertz CT molecular complexity index is 1040. The Kier molecular flexibility index (Phi) is 8.37. The van der Waals surface area contributed by atoms with E-state index < -0.39 is 11.7 Å². The molecule has 1 aromatic carbocycles. The van der Waals surface area contributed by atoms with E-state index in [1.165, 1.54) is 11.0 Å². The summed E-state index contributed by atoms with van der Waals surface area (Å²) in [5.74, 6) is -0.809. The molecular formula is C26H36N4O6. The summed E-state index contributed by atoms with van der Waals surface area (Å²) in [6.07, 6.45) is 0.818. The van der Waals surface area contributed by atoms with Crippen LogP contribution in [0.3, 0.4) is 0 Å². The van der Waals surface area contributed by atoms with Crippen LogP contribution in [-0.4, -0.2) is 77.8 Å². The number of likely N-dealkylation sites (tertiary alicyclic amines) is 1. The first-order valence-electron chi connectivity index (χ1n) is 12.4. The zero-order valence-corrected chi connectivity index (χ0v) is 21.7. The van der Waals surface area contributed by atoms with Crippen molar-refractivity contribution in [2.24, 2.45) is 11.8 Å². The number of hydrogen-bond donors (Lipinski definition) is 2. The normalized spacial score (nSPS) is 16.3. The van der Waals surface area contributed by atoms with Gasteiger partial charge in [-0.15, -0.1) is 0 Å². The number of ether oxygens (including phenoxy) is 1. The first-order valence-corrected chi connectivity index (χ1v) is 12.4. The topological polar surface area (TPSA) is 125 Å². The number of nitrogens with one attached hydrogen (secondary N) is 2. The Hall–Kier alpha value is -3.43. The van der Waals surface area contributed by atoms with Crippen LogP contribution < -0.4 is 10.6 Å². The number of imide groups is 1. The highest BCUT2D eigenvalue weighted by Crippen LogP contribution is 2.25. The van der Waals surface area contributed by atoms with Crippen molar-refractivity contribution in [1.29, 1.82) is 0 Å². The van der Waals surface area contributed by atoms with Crippen LogP contribution in [0.25, 0.3) is 0 Å². The standard InChI is InChI=1S/C26H36N4O6/c1-16(2)15-30-23(33)19-7-6-18(12-20(19)24(30)34)22(32)27-13-17-8-10-29(11-9-17)21(31)14-28-25(35)36-26(3,4)5/h6-7,12,16-17H,8-11,13-15H2,1-5H3,(H,27,32)(H,28,35). The minimum absolute atomic E-state index is 0.121. The predicted molar refractivity (Wildman–Crippen MR) is 133 cm³/mol. The van der Waals surface area contributed by atoms with Gasteiger partial charge < -0.3 is 20.3 Å². The van der Waals surface area contributed by atoms with Gasteiger partial charge in [-0.25, -0.2) is 4.79 Å². The summed E-state index contributed by atoms with van der Waals surface area (Å²) in [6.45, 7) is 10.9. The molecule has 0 bridgehead atoms. The number of amides is 5. The molecule has 0 aromatic heterocycles. The maximum atomic E-state index is 12.7. The Morgan fingerprint density at radius 1 is 1.03 bits per heavy atom. The van der Waals surface area contributed by atoms with Crippen LogP contribution in [0.5, 0.6) is 0 Å². The molecule has 5 amide bonds. The van der Waals surface area contributed by atoms with Crippen LogP contribution in [0.4, 0.5) is 4.79 Å². The van der Waals surface area contributed by atoms with Crippen LogP contribution in [0.2, 0.25) is 0 Å². The van der Waals surface area contributed by atoms with Crippen LogP contribution in [0, 0.1) is 11.8 Å². The second kappa shape index (κ2) is 11.1. The lowest BCUT2D eigenvalue weighted by Crippen LogP contribution is -2.46. The molecule has 36 heavy (non-hydrogen) atoms. The van der Waals surface area contributed by atoms with Crippen LogP contribution in [0.15, 0.2) is 18.2 Å². The van der Waals surface area contributed by atoms with Crippen molar-refractivity contribution in [3.63, 3.8) is 0 Å². The van der Waals surface area contributed by atoms with Crippen molar-refractivity contribution in [2.75, 3.05) is 32.7 Å². The number of fused-ring (bicyclic) bond motifs is 1. The molecule has 2 aliphatic heterocycles. The van der Waals surface area contributed by atoms with Gasteiger partial charge in [-0.1, -0.05) is 13.8 Å². The van der Waals surface area contributed by atoms with Gasteiger partial charge in [-0.3, -0.25) is 24.1 Å². The van der Waals surface area contributed by atoms with E-state index in [0.29, 0.717) is 37.3 Å². The monoisotopic (exact) mass is 500 g/mol. The zero-order valence-electron chi connectivity index (χ0n) is 21.7. The quantitative estimate of drug-likeness (QED) is 0.554. The van der Waals surface area contributed by atoms with Gasteiger partial charge in [0.1, 0.15) is 12.1 Å². The molecule has 0 radical (unpaired) electrons. The molecule has 0 atom stereocenters. The van der Waals surface area contributed by atoms with Gasteiger partial charge in [0.25, 0.3) is 17.7 Å². The molecule has 2 N–H and O–H groups in total. The molecule has 1 saturated heterocycles. The molecule has 10 nitrogen and oxygen atoms in total. The molecule has 0 saturated carbocycles. The van der Waals surface area contributed by atoms with E-state index in [1.54, 1.807) is 37.8 Å². The van der Waals surface area contributed by atoms with Gasteiger partial charge in [-0.2, -0.15) is 0 Å². The summed E-state index contributed by atoms with van der Waals surface area (Å²) in [5.41, 5.74) is 0.300. The number of carbonyl (C=O) groups excluding carboxylic acids is 5. The lowest BCUT2D eigenvalue weighted by molar-refractivity contribution is -0.131. The van der Waals surface area contributed by atoms with Crippen LogP contribution >= 0.6 is 0 Å². The van der Waals surface area contributed by atoms with Gasteiger partial charge >= 0.3 is 6.09 Å². The highest BCUT2D eigenvalue weighted by Gasteiger charge is 2.36. The Balaban J connectivity index is 1.45. The van der Waals surface area contributed by atoms with Crippen molar-refractivity contribution in [2.45, 2.75) is 53.1 Å². The van der Waals surface area contributed by atoms with Crippen LogP contribution in [-0.2, 0) is 9.53 Å². The number of rotatable bonds is 7. The second-order valence-electron chi connectivity index (χ2n) is 10.8. The van der Waals surface area contributed by atoms with E-state index in [-0.39, 0.29) is 47.6 Å². The molecule has 0 spiro atoms. The lowest BCUT2D eigenvalue weighted by atomic mass is 9.96. The number of nitrogens with zero attached hydrogens (tertiary/aromatic N) is 2. The number of piperidine rings is 1. The van der Waals surface area contributed by atoms with Gasteiger partial charge in [-0.05, 0) is 63.6 Å². The van der Waals surface area contributed by atoms with Crippen molar-refractivity contribution in [1.82, 2.24) is 20.4 Å². The van der Waals surface area contributed by atoms with Crippen molar-refractivity contribution >= 4 is 29.7 Å². The van der Waals surface area contributed by atoms with Gasteiger partial charge in [0.15, 0.2) is 0 Å². The summed E-state index contributed by atoms with van der Waals surface area (Å²) in [6, 6.07) is 4.60. The summed E-state index contributed by atoms with van der Waals surface area (Å²) in [5, 5.41) is 5.39. The summed E-state index contributed by atoms with van der Waals surface area (Å²) < 4.78 is 5.14.